The zero-order valence-electron chi connectivity index (χ0n) is 37.1. The van der Waals surface area contributed by atoms with E-state index in [-0.39, 0.29) is 33.5 Å². The van der Waals surface area contributed by atoms with Gasteiger partial charge in [-0.1, -0.05) is 91.0 Å². The van der Waals surface area contributed by atoms with Crippen molar-refractivity contribution in [2.75, 3.05) is 4.90 Å². The van der Waals surface area contributed by atoms with Crippen LogP contribution in [0.25, 0.3) is 66.8 Å². The van der Waals surface area contributed by atoms with Crippen molar-refractivity contribution >= 4 is 17.1 Å². The Bertz CT molecular complexity index is 3400. The fourth-order valence-corrected chi connectivity index (χ4v) is 8.60. The van der Waals surface area contributed by atoms with Crippen LogP contribution in [0.15, 0.2) is 127 Å². The van der Waals surface area contributed by atoms with Crippen LogP contribution >= 0.6 is 0 Å². The van der Waals surface area contributed by atoms with Gasteiger partial charge in [-0.2, -0.15) is 0 Å². The Hall–Kier alpha value is -10.8. The Morgan fingerprint density at radius 3 is 0.808 bits per heavy atom. The van der Waals surface area contributed by atoms with Crippen LogP contribution in [0.4, 0.5) is 17.1 Å². The average molecular weight is 990 g/mol. The minimum atomic E-state index is -1.27. The molecule has 368 valence electrons. The second-order valence-electron chi connectivity index (χ2n) is 16.5. The highest BCUT2D eigenvalue weighted by Crippen LogP contribution is 2.64. The van der Waals surface area contributed by atoms with E-state index in [0.717, 1.165) is 11.0 Å². The first kappa shape index (κ1) is 47.3. The topological polar surface area (TPSA) is 367 Å². The highest BCUT2D eigenvalue weighted by Gasteiger charge is 2.36. The SMILES string of the molecule is Oc1c(O)c(O)c(-c2cc(-c3cccc(-c4ccc(N(c5c(O)c(O)c(-c6ccccc6)c(O)c5O)c5c(O)c(O)c(-c6ccccc6)c(O)c5O)cc4)c3)cc(-c3c(O)c(O)c(O)c(O)c3O)c2)c(O)c1O. The fourth-order valence-electron chi connectivity index (χ4n) is 8.60. The molecule has 18 N–H and O–H groups in total. The lowest BCUT2D eigenvalue weighted by Gasteiger charge is -2.30. The molecule has 0 saturated carbocycles. The molecule has 19 heteroatoms. The lowest BCUT2D eigenvalue weighted by molar-refractivity contribution is 0.330. The zero-order valence-corrected chi connectivity index (χ0v) is 37.1. The number of hydrogen-bond acceptors (Lipinski definition) is 19. The Morgan fingerprint density at radius 1 is 0.192 bits per heavy atom. The van der Waals surface area contributed by atoms with Crippen LogP contribution in [-0.4, -0.2) is 91.9 Å². The lowest BCUT2D eigenvalue weighted by Crippen LogP contribution is -2.12. The molecule has 0 aliphatic heterocycles. The van der Waals surface area contributed by atoms with E-state index in [1.165, 1.54) is 60.7 Å². The molecule has 0 fully saturated rings. The van der Waals surface area contributed by atoms with E-state index < -0.39 is 137 Å². The maximum absolute atomic E-state index is 11.7. The van der Waals surface area contributed by atoms with Crippen LogP contribution in [0.1, 0.15) is 0 Å². The van der Waals surface area contributed by atoms with Crippen LogP contribution in [0.3, 0.4) is 0 Å². The van der Waals surface area contributed by atoms with Gasteiger partial charge in [0, 0.05) is 5.69 Å². The van der Waals surface area contributed by atoms with E-state index in [2.05, 4.69) is 0 Å². The van der Waals surface area contributed by atoms with E-state index >= 15 is 0 Å². The van der Waals surface area contributed by atoms with Gasteiger partial charge in [0.2, 0.25) is 34.5 Å². The molecule has 0 amide bonds. The summed E-state index contributed by atoms with van der Waals surface area (Å²) in [5.41, 5.74) is -2.90. The van der Waals surface area contributed by atoms with Crippen LogP contribution in [0, 0.1) is 0 Å². The molecule has 0 radical (unpaired) electrons. The number of nitrogens with zero attached hydrogens (tertiary/aromatic N) is 1. The molecule has 0 atom stereocenters. The van der Waals surface area contributed by atoms with Crippen molar-refractivity contribution in [1.82, 2.24) is 0 Å². The average Bonchev–Trinajstić information content (AvgIpc) is 3.40. The van der Waals surface area contributed by atoms with Crippen molar-refractivity contribution in [1.29, 1.82) is 0 Å². The first-order chi connectivity index (χ1) is 34.7. The Morgan fingerprint density at radius 2 is 0.452 bits per heavy atom. The molecule has 0 spiro atoms. The predicted octanol–water partition coefficient (Wildman–Crippen LogP) is 9.86. The molecule has 9 aromatic rings. The van der Waals surface area contributed by atoms with Crippen LogP contribution in [-0.2, 0) is 0 Å². The standard InChI is InChI=1S/C54H39NO18/c56-37-31(23-8-3-1-4-9-23)38(57)46(65)35(45(37)64)55(36-47(66)39(58)32(40(59)48(36)67)24-10-5-2-6-11-24)30-16-14-22(15-17-30)25-12-7-13-26(18-25)27-19-28(33-41(60)49(68)53(72)50(69)42(33)61)21-29(20-27)34-43(62)51(70)54(73)52(71)44(34)63/h1-21,56-73H. The molecule has 0 aromatic heterocycles. The second kappa shape index (κ2) is 17.6. The van der Waals surface area contributed by atoms with Crippen LogP contribution in [0.2, 0.25) is 0 Å². The van der Waals surface area contributed by atoms with Gasteiger partial charge in [0.25, 0.3) is 0 Å². The normalized spacial score (nSPS) is 11.2. The largest absolute Gasteiger partial charge is 0.504 e. The Balaban J connectivity index is 1.22. The number of aromatic hydroxyl groups is 18. The van der Waals surface area contributed by atoms with Crippen LogP contribution in [0.5, 0.6) is 103 Å². The molecule has 0 unspecified atom stereocenters. The summed E-state index contributed by atoms with van der Waals surface area (Å²) in [5, 5.41) is 198. The first-order valence-corrected chi connectivity index (χ1v) is 21.4. The third-order valence-corrected chi connectivity index (χ3v) is 12.2. The van der Waals surface area contributed by atoms with Gasteiger partial charge >= 0.3 is 0 Å². The van der Waals surface area contributed by atoms with Gasteiger partial charge in [0.05, 0.1) is 22.3 Å². The van der Waals surface area contributed by atoms with E-state index in [1.807, 2.05) is 0 Å². The quantitative estimate of drug-likeness (QED) is 0.0472. The molecule has 0 aliphatic carbocycles. The summed E-state index contributed by atoms with van der Waals surface area (Å²) < 4.78 is 0. The van der Waals surface area contributed by atoms with Crippen molar-refractivity contribution in [2.24, 2.45) is 0 Å². The summed E-state index contributed by atoms with van der Waals surface area (Å²) in [7, 11) is 0. The van der Waals surface area contributed by atoms with Gasteiger partial charge in [-0.15, -0.1) is 0 Å². The highest BCUT2D eigenvalue weighted by atomic mass is 16.4. The van der Waals surface area contributed by atoms with Gasteiger partial charge in [-0.25, -0.2) is 0 Å². The zero-order chi connectivity index (χ0) is 52.5. The van der Waals surface area contributed by atoms with E-state index in [1.54, 1.807) is 60.7 Å². The summed E-state index contributed by atoms with van der Waals surface area (Å²) in [4.78, 5) is 0.762. The number of phenolic OH excluding ortho intramolecular Hbond substituents is 18. The third-order valence-electron chi connectivity index (χ3n) is 12.2. The first-order valence-electron chi connectivity index (χ1n) is 21.4. The predicted molar refractivity (Wildman–Crippen MR) is 264 cm³/mol. The van der Waals surface area contributed by atoms with Crippen molar-refractivity contribution in [3.8, 4) is 170 Å². The fraction of sp³-hybridized carbons (Fsp3) is 0. The number of anilines is 3. The molecular formula is C54H39NO18. The lowest BCUT2D eigenvalue weighted by atomic mass is 9.90. The summed E-state index contributed by atoms with van der Waals surface area (Å²) in [6, 6.07) is 31.1. The maximum Gasteiger partial charge on any atom is 0.208 e. The molecule has 73 heavy (non-hydrogen) atoms. The van der Waals surface area contributed by atoms with Gasteiger partial charge < -0.3 is 91.9 Å². The summed E-state index contributed by atoms with van der Waals surface area (Å²) in [6.45, 7) is 0. The minimum Gasteiger partial charge on any atom is -0.504 e. The van der Waals surface area contributed by atoms with Crippen molar-refractivity contribution < 1.29 is 91.9 Å². The molecule has 0 saturated heterocycles. The van der Waals surface area contributed by atoms with Gasteiger partial charge in [0.1, 0.15) is 11.4 Å². The highest BCUT2D eigenvalue weighted by molar-refractivity contribution is 6.00. The minimum absolute atomic E-state index is 0.128. The monoisotopic (exact) mass is 989 g/mol. The van der Waals surface area contributed by atoms with Gasteiger partial charge in [-0.05, 0) is 80.9 Å². The number of phenols is 18. The smallest absolute Gasteiger partial charge is 0.208 e. The summed E-state index contributed by atoms with van der Waals surface area (Å²) in [5.74, 6) is -20.1. The molecule has 19 nitrogen and oxygen atoms in total. The van der Waals surface area contributed by atoms with E-state index in [0.29, 0.717) is 16.7 Å². The van der Waals surface area contributed by atoms with Crippen molar-refractivity contribution in [3.63, 3.8) is 0 Å². The number of hydrogen-bond donors (Lipinski definition) is 18. The van der Waals surface area contributed by atoms with Crippen molar-refractivity contribution in [3.05, 3.63) is 127 Å². The molecular weight excluding hydrogens is 951 g/mol. The summed E-state index contributed by atoms with van der Waals surface area (Å²) >= 11 is 0. The third kappa shape index (κ3) is 7.49. The van der Waals surface area contributed by atoms with Gasteiger partial charge in [-0.3, -0.25) is 4.90 Å². The molecule has 0 aliphatic rings. The van der Waals surface area contributed by atoms with E-state index in [9.17, 15) is 91.9 Å². The maximum atomic E-state index is 11.7. The van der Waals surface area contributed by atoms with E-state index in [4.69, 9.17) is 0 Å². The summed E-state index contributed by atoms with van der Waals surface area (Å²) in [6.07, 6.45) is 0. The Labute approximate surface area is 410 Å². The van der Waals surface area contributed by atoms with Gasteiger partial charge in [0.15, 0.2) is 69.0 Å². The number of rotatable bonds is 9. The Kier molecular flexibility index (Phi) is 11.4. The number of benzene rings is 9. The molecule has 9 aromatic carbocycles. The second-order valence-corrected chi connectivity index (χ2v) is 16.5. The van der Waals surface area contributed by atoms with Crippen LogP contribution < -0.4 is 4.90 Å². The van der Waals surface area contributed by atoms with Crippen molar-refractivity contribution in [2.45, 2.75) is 0 Å². The molecule has 0 bridgehead atoms. The molecule has 0 heterocycles. The molecule has 9 rings (SSSR count).